The predicted octanol–water partition coefficient (Wildman–Crippen LogP) is 12.7. The summed E-state index contributed by atoms with van der Waals surface area (Å²) in [6.45, 7) is 0. The molecule has 4 nitrogen and oxygen atoms in total. The highest BCUT2D eigenvalue weighted by molar-refractivity contribution is 6.21. The number of fused-ring (bicyclic) bond motifs is 5. The van der Waals surface area contributed by atoms with Crippen LogP contribution < -0.4 is 0 Å². The minimum atomic E-state index is 0.630. The van der Waals surface area contributed by atoms with Gasteiger partial charge in [-0.25, -0.2) is 19.9 Å². The fourth-order valence-corrected chi connectivity index (χ4v) is 7.39. The van der Waals surface area contributed by atoms with E-state index in [1.54, 1.807) is 0 Å². The van der Waals surface area contributed by atoms with Gasteiger partial charge in [-0.15, -0.1) is 0 Å². The van der Waals surface area contributed by atoms with E-state index >= 15 is 0 Å². The Morgan fingerprint density at radius 1 is 0.259 bits per heavy atom. The molecule has 54 heavy (non-hydrogen) atoms. The summed E-state index contributed by atoms with van der Waals surface area (Å²) in [4.78, 5) is 20.2. The molecule has 0 atom stereocenters. The van der Waals surface area contributed by atoms with Crippen LogP contribution in [0.3, 0.4) is 0 Å². The van der Waals surface area contributed by atoms with Crippen LogP contribution in [0, 0.1) is 0 Å². The SMILES string of the molecule is c1ccc(-c2ccc(-c3nc(-c4ccccc4)nc(-c4ccc(-c5cccc(-c6nc7ccccc7c7ccc8ccccc8c67)c5)cc4)n3)cc2)cc1. The van der Waals surface area contributed by atoms with Crippen molar-refractivity contribution in [3.8, 4) is 67.7 Å². The summed E-state index contributed by atoms with van der Waals surface area (Å²) in [6, 6.07) is 67.6. The first-order valence-corrected chi connectivity index (χ1v) is 18.1. The molecule has 10 rings (SSSR count). The van der Waals surface area contributed by atoms with Gasteiger partial charge in [-0.2, -0.15) is 0 Å². The van der Waals surface area contributed by atoms with Crippen molar-refractivity contribution >= 4 is 32.4 Å². The molecule has 0 aliphatic rings. The molecule has 0 aliphatic carbocycles. The van der Waals surface area contributed by atoms with Crippen molar-refractivity contribution in [2.45, 2.75) is 0 Å². The van der Waals surface area contributed by atoms with Crippen LogP contribution in [0.5, 0.6) is 0 Å². The summed E-state index contributed by atoms with van der Waals surface area (Å²) in [6.07, 6.45) is 0. The van der Waals surface area contributed by atoms with Crippen LogP contribution in [0.2, 0.25) is 0 Å². The number of benzene rings is 8. The van der Waals surface area contributed by atoms with Crippen LogP contribution in [0.15, 0.2) is 194 Å². The molecule has 4 heteroatoms. The quantitative estimate of drug-likeness (QED) is 0.163. The molecule has 2 aromatic heterocycles. The van der Waals surface area contributed by atoms with Crippen LogP contribution in [-0.4, -0.2) is 19.9 Å². The van der Waals surface area contributed by atoms with Gasteiger partial charge in [0.25, 0.3) is 0 Å². The second-order valence-electron chi connectivity index (χ2n) is 13.5. The van der Waals surface area contributed by atoms with Gasteiger partial charge >= 0.3 is 0 Å². The Labute approximate surface area is 313 Å². The van der Waals surface area contributed by atoms with Crippen molar-refractivity contribution in [1.29, 1.82) is 0 Å². The summed E-state index contributed by atoms with van der Waals surface area (Å²) < 4.78 is 0. The first kappa shape index (κ1) is 31.4. The van der Waals surface area contributed by atoms with Crippen molar-refractivity contribution in [2.75, 3.05) is 0 Å². The van der Waals surface area contributed by atoms with Gasteiger partial charge in [0.15, 0.2) is 17.5 Å². The topological polar surface area (TPSA) is 51.6 Å². The number of hydrogen-bond donors (Lipinski definition) is 0. The van der Waals surface area contributed by atoms with Crippen molar-refractivity contribution < 1.29 is 0 Å². The lowest BCUT2D eigenvalue weighted by Gasteiger charge is -2.14. The standard InChI is InChI=1S/C50H32N4/c1-3-12-33(13-4-1)34-22-26-38(27-23-34)49-52-48(37-15-5-2-6-16-37)53-50(54-49)39-28-24-35(25-29-39)40-17-11-18-41(32-40)47-46-42-19-8-7-14-36(42)30-31-44(46)43-20-9-10-21-45(43)51-47/h1-32H. The maximum absolute atomic E-state index is 5.28. The molecule has 0 bridgehead atoms. The number of hydrogen-bond acceptors (Lipinski definition) is 4. The first-order chi connectivity index (χ1) is 26.7. The molecule has 0 radical (unpaired) electrons. The van der Waals surface area contributed by atoms with Gasteiger partial charge in [0.2, 0.25) is 0 Å². The van der Waals surface area contributed by atoms with E-state index in [0.29, 0.717) is 17.5 Å². The summed E-state index contributed by atoms with van der Waals surface area (Å²) in [5, 5.41) is 5.96. The fourth-order valence-electron chi connectivity index (χ4n) is 7.39. The maximum Gasteiger partial charge on any atom is 0.164 e. The lowest BCUT2D eigenvalue weighted by molar-refractivity contribution is 1.07. The Balaban J connectivity index is 1.04. The molecule has 0 aliphatic heterocycles. The summed E-state index contributed by atoms with van der Waals surface area (Å²) in [5.41, 5.74) is 10.4. The molecule has 0 saturated carbocycles. The number of rotatable bonds is 6. The highest BCUT2D eigenvalue weighted by Gasteiger charge is 2.16. The summed E-state index contributed by atoms with van der Waals surface area (Å²) >= 11 is 0. The van der Waals surface area contributed by atoms with E-state index < -0.39 is 0 Å². The molecule has 0 N–H and O–H groups in total. The highest BCUT2D eigenvalue weighted by Crippen LogP contribution is 2.38. The molecule has 0 saturated heterocycles. The Hall–Kier alpha value is -7.30. The van der Waals surface area contributed by atoms with E-state index in [2.05, 4.69) is 158 Å². The second kappa shape index (κ2) is 13.4. The first-order valence-electron chi connectivity index (χ1n) is 18.1. The van der Waals surface area contributed by atoms with E-state index in [-0.39, 0.29) is 0 Å². The van der Waals surface area contributed by atoms with Gasteiger partial charge in [-0.05, 0) is 50.5 Å². The smallest absolute Gasteiger partial charge is 0.164 e. The third-order valence-electron chi connectivity index (χ3n) is 10.1. The van der Waals surface area contributed by atoms with E-state index in [1.807, 2.05) is 36.4 Å². The molecule has 8 aromatic carbocycles. The van der Waals surface area contributed by atoms with Crippen molar-refractivity contribution in [2.24, 2.45) is 0 Å². The highest BCUT2D eigenvalue weighted by atomic mass is 15.0. The van der Waals surface area contributed by atoms with Crippen LogP contribution in [0.25, 0.3) is 100 Å². The minimum absolute atomic E-state index is 0.630. The van der Waals surface area contributed by atoms with Crippen molar-refractivity contribution in [3.05, 3.63) is 194 Å². The number of aromatic nitrogens is 4. The Morgan fingerprint density at radius 3 is 1.39 bits per heavy atom. The van der Waals surface area contributed by atoms with Crippen LogP contribution in [0.4, 0.5) is 0 Å². The van der Waals surface area contributed by atoms with Gasteiger partial charge in [-0.3, -0.25) is 0 Å². The summed E-state index contributed by atoms with van der Waals surface area (Å²) in [5.74, 6) is 1.91. The maximum atomic E-state index is 5.28. The molecule has 2 heterocycles. The minimum Gasteiger partial charge on any atom is -0.247 e. The Kier molecular flexibility index (Phi) is 7.77. The third-order valence-corrected chi connectivity index (χ3v) is 10.1. The van der Waals surface area contributed by atoms with Gasteiger partial charge in [0.05, 0.1) is 11.2 Å². The van der Waals surface area contributed by atoms with Gasteiger partial charge in [0, 0.05) is 33.0 Å². The monoisotopic (exact) mass is 688 g/mol. The second-order valence-corrected chi connectivity index (χ2v) is 13.5. The third kappa shape index (κ3) is 5.76. The average molecular weight is 689 g/mol. The molecule has 0 spiro atoms. The molecule has 0 amide bonds. The predicted molar refractivity (Wildman–Crippen MR) is 223 cm³/mol. The van der Waals surface area contributed by atoms with E-state index in [1.165, 1.54) is 27.1 Å². The van der Waals surface area contributed by atoms with Crippen molar-refractivity contribution in [1.82, 2.24) is 19.9 Å². The van der Waals surface area contributed by atoms with Gasteiger partial charge in [-0.1, -0.05) is 182 Å². The van der Waals surface area contributed by atoms with E-state index in [0.717, 1.165) is 55.5 Å². The Morgan fingerprint density at radius 2 is 0.722 bits per heavy atom. The zero-order valence-corrected chi connectivity index (χ0v) is 29.3. The van der Waals surface area contributed by atoms with Crippen LogP contribution >= 0.6 is 0 Å². The average Bonchev–Trinajstić information content (AvgIpc) is 3.26. The lowest BCUT2D eigenvalue weighted by Crippen LogP contribution is -2.00. The van der Waals surface area contributed by atoms with E-state index in [4.69, 9.17) is 19.9 Å². The molecular formula is C50H32N4. The zero-order chi connectivity index (χ0) is 35.8. The largest absolute Gasteiger partial charge is 0.247 e. The number of pyridine rings is 1. The summed E-state index contributed by atoms with van der Waals surface area (Å²) in [7, 11) is 0. The molecule has 252 valence electrons. The van der Waals surface area contributed by atoms with Gasteiger partial charge < -0.3 is 0 Å². The molecule has 0 unspecified atom stereocenters. The van der Waals surface area contributed by atoms with Crippen LogP contribution in [0.1, 0.15) is 0 Å². The van der Waals surface area contributed by atoms with Crippen molar-refractivity contribution in [3.63, 3.8) is 0 Å². The normalized spacial score (nSPS) is 11.3. The van der Waals surface area contributed by atoms with E-state index in [9.17, 15) is 0 Å². The molecular weight excluding hydrogens is 657 g/mol. The number of nitrogens with zero attached hydrogens (tertiary/aromatic N) is 4. The van der Waals surface area contributed by atoms with Gasteiger partial charge in [0.1, 0.15) is 0 Å². The number of para-hydroxylation sites is 1. The van der Waals surface area contributed by atoms with Crippen LogP contribution in [-0.2, 0) is 0 Å². The molecule has 10 aromatic rings. The fraction of sp³-hybridized carbons (Fsp3) is 0. The molecule has 0 fully saturated rings. The lowest BCUT2D eigenvalue weighted by atomic mass is 9.93. The zero-order valence-electron chi connectivity index (χ0n) is 29.3. The Bertz CT molecular complexity index is 2960.